The Labute approximate surface area is 180 Å². The summed E-state index contributed by atoms with van der Waals surface area (Å²) < 4.78 is 15.7. The molecule has 160 valence electrons. The van der Waals surface area contributed by atoms with Crippen LogP contribution in [0.3, 0.4) is 0 Å². The number of hydrogen-bond donors (Lipinski definition) is 1. The Kier molecular flexibility index (Phi) is 7.59. The second-order valence-corrected chi connectivity index (χ2v) is 6.90. The molecule has 0 aliphatic rings. The minimum absolute atomic E-state index is 0.127. The number of hydrogen-bond acceptors (Lipinski definition) is 6. The molecule has 7 heteroatoms. The average molecular weight is 420 g/mol. The van der Waals surface area contributed by atoms with Crippen molar-refractivity contribution in [2.24, 2.45) is 5.10 Å². The van der Waals surface area contributed by atoms with Gasteiger partial charge in [0.25, 0.3) is 5.91 Å². The molecule has 1 atom stereocenters. The number of furan rings is 1. The third-order valence-corrected chi connectivity index (χ3v) is 4.65. The molecule has 1 amide bonds. The van der Waals surface area contributed by atoms with Gasteiger partial charge in [0.1, 0.15) is 11.5 Å². The summed E-state index contributed by atoms with van der Waals surface area (Å²) >= 11 is 0. The van der Waals surface area contributed by atoms with Gasteiger partial charge < -0.3 is 13.9 Å². The van der Waals surface area contributed by atoms with Crippen LogP contribution in [0.4, 0.5) is 0 Å². The van der Waals surface area contributed by atoms with Gasteiger partial charge in [0.2, 0.25) is 5.76 Å². The molecule has 0 bridgehead atoms. The largest absolute Gasteiger partial charge is 0.484 e. The van der Waals surface area contributed by atoms with Crippen molar-refractivity contribution >= 4 is 18.1 Å². The number of benzene rings is 2. The average Bonchev–Trinajstić information content (AvgIpc) is 3.34. The van der Waals surface area contributed by atoms with Crippen molar-refractivity contribution in [2.45, 2.75) is 26.2 Å². The van der Waals surface area contributed by atoms with Crippen molar-refractivity contribution in [1.29, 1.82) is 0 Å². The minimum Gasteiger partial charge on any atom is -0.484 e. The molecule has 1 aromatic heterocycles. The lowest BCUT2D eigenvalue weighted by atomic mass is 9.99. The summed E-state index contributed by atoms with van der Waals surface area (Å²) in [6.07, 6.45) is 3.95. The maximum absolute atomic E-state index is 11.9. The number of amides is 1. The van der Waals surface area contributed by atoms with Gasteiger partial charge in [-0.2, -0.15) is 5.10 Å². The number of carbonyl (C=O) groups is 2. The first-order chi connectivity index (χ1) is 15.0. The van der Waals surface area contributed by atoms with Crippen LogP contribution in [0.2, 0.25) is 0 Å². The van der Waals surface area contributed by atoms with E-state index in [1.165, 1.54) is 24.1 Å². The molecule has 2 aromatic carbocycles. The van der Waals surface area contributed by atoms with Crippen LogP contribution >= 0.6 is 0 Å². The Morgan fingerprint density at radius 1 is 1.06 bits per heavy atom. The zero-order valence-corrected chi connectivity index (χ0v) is 17.4. The number of nitrogens with zero attached hydrogens (tertiary/aromatic N) is 1. The van der Waals surface area contributed by atoms with Crippen LogP contribution in [0.15, 0.2) is 76.4 Å². The Balaban J connectivity index is 1.42. The van der Waals surface area contributed by atoms with E-state index in [9.17, 15) is 9.59 Å². The fraction of sp³-hybridized carbons (Fsp3) is 0.208. The van der Waals surface area contributed by atoms with Gasteiger partial charge in [0.15, 0.2) is 6.61 Å². The lowest BCUT2D eigenvalue weighted by Crippen LogP contribution is -2.24. The molecule has 7 nitrogen and oxygen atoms in total. The smallest absolute Gasteiger partial charge is 0.379 e. The fourth-order valence-electron chi connectivity index (χ4n) is 2.66. The maximum atomic E-state index is 11.9. The summed E-state index contributed by atoms with van der Waals surface area (Å²) in [6, 6.07) is 17.5. The number of ether oxygens (including phenoxy) is 2. The molecule has 0 spiro atoms. The van der Waals surface area contributed by atoms with Crippen LogP contribution in [0.5, 0.6) is 11.5 Å². The molecule has 1 N–H and O–H groups in total. The molecular weight excluding hydrogens is 396 g/mol. The summed E-state index contributed by atoms with van der Waals surface area (Å²) in [5.41, 5.74) is 4.38. The van der Waals surface area contributed by atoms with E-state index in [2.05, 4.69) is 24.4 Å². The molecule has 0 saturated carbocycles. The zero-order valence-electron chi connectivity index (χ0n) is 17.4. The molecule has 0 aliphatic carbocycles. The van der Waals surface area contributed by atoms with Gasteiger partial charge in [-0.25, -0.2) is 10.2 Å². The monoisotopic (exact) mass is 420 g/mol. The number of carbonyl (C=O) groups excluding carboxylic acids is 2. The predicted octanol–water partition coefficient (Wildman–Crippen LogP) is 4.54. The molecule has 0 saturated heterocycles. The van der Waals surface area contributed by atoms with E-state index in [-0.39, 0.29) is 18.3 Å². The van der Waals surface area contributed by atoms with E-state index in [1.54, 1.807) is 30.3 Å². The van der Waals surface area contributed by atoms with Gasteiger partial charge in [0.05, 0.1) is 12.5 Å². The number of esters is 1. The van der Waals surface area contributed by atoms with Crippen molar-refractivity contribution in [3.63, 3.8) is 0 Å². The van der Waals surface area contributed by atoms with Crippen molar-refractivity contribution in [3.05, 3.63) is 83.8 Å². The van der Waals surface area contributed by atoms with E-state index < -0.39 is 5.97 Å². The zero-order chi connectivity index (χ0) is 22.1. The standard InChI is InChI=1S/C24H24N2O5/c1-3-17(2)19-8-12-20(13-9-19)30-16-23(27)26-25-15-18-6-10-21(11-7-18)31-24(28)22-5-4-14-29-22/h4-15,17H,3,16H2,1-2H3,(H,26,27)/b25-15-/t17-/m1/s1. The van der Waals surface area contributed by atoms with Gasteiger partial charge >= 0.3 is 5.97 Å². The van der Waals surface area contributed by atoms with E-state index in [0.29, 0.717) is 17.4 Å². The molecule has 0 fully saturated rings. The van der Waals surface area contributed by atoms with Crippen LogP contribution in [0.1, 0.15) is 47.9 Å². The fourth-order valence-corrected chi connectivity index (χ4v) is 2.66. The molecular formula is C24H24N2O5. The highest BCUT2D eigenvalue weighted by Gasteiger charge is 2.11. The third-order valence-electron chi connectivity index (χ3n) is 4.65. The first-order valence-electron chi connectivity index (χ1n) is 9.95. The Morgan fingerprint density at radius 3 is 2.42 bits per heavy atom. The van der Waals surface area contributed by atoms with Gasteiger partial charge in [-0.05, 0) is 72.0 Å². The second kappa shape index (κ2) is 10.8. The van der Waals surface area contributed by atoms with Crippen LogP contribution in [-0.4, -0.2) is 24.7 Å². The van der Waals surface area contributed by atoms with Gasteiger partial charge in [-0.1, -0.05) is 26.0 Å². The highest BCUT2D eigenvalue weighted by molar-refractivity contribution is 5.88. The first kappa shape index (κ1) is 21.8. The molecule has 0 unspecified atom stereocenters. The maximum Gasteiger partial charge on any atom is 0.379 e. The predicted molar refractivity (Wildman–Crippen MR) is 116 cm³/mol. The normalized spacial score (nSPS) is 11.8. The topological polar surface area (TPSA) is 90.1 Å². The van der Waals surface area contributed by atoms with E-state index in [0.717, 1.165) is 12.0 Å². The first-order valence-corrected chi connectivity index (χ1v) is 9.95. The van der Waals surface area contributed by atoms with Crippen molar-refractivity contribution in [1.82, 2.24) is 5.43 Å². The molecule has 0 radical (unpaired) electrons. The summed E-state index contributed by atoms with van der Waals surface area (Å²) in [6.45, 7) is 4.18. The Morgan fingerprint density at radius 2 is 1.77 bits per heavy atom. The number of hydrazone groups is 1. The highest BCUT2D eigenvalue weighted by Crippen LogP contribution is 2.21. The lowest BCUT2D eigenvalue weighted by molar-refractivity contribution is -0.123. The molecule has 3 aromatic rings. The quantitative estimate of drug-likeness (QED) is 0.238. The van der Waals surface area contributed by atoms with Crippen LogP contribution in [0, 0.1) is 0 Å². The van der Waals surface area contributed by atoms with Crippen molar-refractivity contribution in [2.75, 3.05) is 6.61 Å². The molecule has 31 heavy (non-hydrogen) atoms. The summed E-state index contributed by atoms with van der Waals surface area (Å²) in [5.74, 6) is 0.673. The van der Waals surface area contributed by atoms with Crippen LogP contribution in [0.25, 0.3) is 0 Å². The lowest BCUT2D eigenvalue weighted by Gasteiger charge is -2.10. The Hall–Kier alpha value is -3.87. The van der Waals surface area contributed by atoms with Crippen LogP contribution < -0.4 is 14.9 Å². The SMILES string of the molecule is CC[C@@H](C)c1ccc(OCC(=O)N/N=C\c2ccc(OC(=O)c3ccco3)cc2)cc1. The van der Waals surface area contributed by atoms with E-state index in [1.807, 2.05) is 24.3 Å². The summed E-state index contributed by atoms with van der Waals surface area (Å²) in [5, 5.41) is 3.91. The van der Waals surface area contributed by atoms with Crippen molar-refractivity contribution < 1.29 is 23.5 Å². The molecule has 0 aliphatic heterocycles. The van der Waals surface area contributed by atoms with Gasteiger partial charge in [-0.15, -0.1) is 0 Å². The second-order valence-electron chi connectivity index (χ2n) is 6.90. The van der Waals surface area contributed by atoms with Gasteiger partial charge in [-0.3, -0.25) is 4.79 Å². The number of nitrogens with one attached hydrogen (secondary N) is 1. The highest BCUT2D eigenvalue weighted by atomic mass is 16.5. The van der Waals surface area contributed by atoms with Crippen molar-refractivity contribution in [3.8, 4) is 11.5 Å². The van der Waals surface area contributed by atoms with Crippen LogP contribution in [-0.2, 0) is 4.79 Å². The summed E-state index contributed by atoms with van der Waals surface area (Å²) in [4.78, 5) is 23.7. The summed E-state index contributed by atoms with van der Waals surface area (Å²) in [7, 11) is 0. The Bertz CT molecular complexity index is 1010. The van der Waals surface area contributed by atoms with E-state index in [4.69, 9.17) is 13.9 Å². The third kappa shape index (κ3) is 6.57. The number of rotatable bonds is 9. The molecule has 1 heterocycles. The van der Waals surface area contributed by atoms with E-state index >= 15 is 0 Å². The minimum atomic E-state index is -0.576. The van der Waals surface area contributed by atoms with Gasteiger partial charge in [0, 0.05) is 0 Å². The molecule has 3 rings (SSSR count).